The van der Waals surface area contributed by atoms with Crippen molar-refractivity contribution < 1.29 is 19.1 Å². The van der Waals surface area contributed by atoms with Gasteiger partial charge in [-0.25, -0.2) is 9.38 Å². The monoisotopic (exact) mass is 282 g/mol. The lowest BCUT2D eigenvalue weighted by Gasteiger charge is -2.27. The highest BCUT2D eigenvalue weighted by atomic mass is 32.2. The molecule has 1 aliphatic heterocycles. The van der Waals surface area contributed by atoms with Crippen molar-refractivity contribution in [3.63, 3.8) is 0 Å². The van der Waals surface area contributed by atoms with Gasteiger partial charge in [0.15, 0.2) is 5.17 Å². The highest BCUT2D eigenvalue weighted by molar-refractivity contribution is 8.15. The van der Waals surface area contributed by atoms with Crippen LogP contribution in [0.25, 0.3) is 0 Å². The number of rotatable bonds is 2. The summed E-state index contributed by atoms with van der Waals surface area (Å²) in [5, 5.41) is 8.44. The maximum atomic E-state index is 12.8. The standard InChI is InChI=1S/C12H11FN2O3S/c1-15-10(16)6-9(11(17)18)19-12(15)14-8-4-2-7(13)3-5-8/h2-5,9H,6H2,1H3,(H,17,18)/t9-/m0/s1. The lowest BCUT2D eigenvalue weighted by Crippen LogP contribution is -2.41. The first-order valence-corrected chi connectivity index (χ1v) is 6.35. The number of carbonyl (C=O) groups is 2. The first-order chi connectivity index (χ1) is 8.97. The van der Waals surface area contributed by atoms with Gasteiger partial charge in [0, 0.05) is 7.05 Å². The second kappa shape index (κ2) is 5.40. The van der Waals surface area contributed by atoms with Gasteiger partial charge in [0.25, 0.3) is 0 Å². The third-order valence-electron chi connectivity index (χ3n) is 2.60. The van der Waals surface area contributed by atoms with Gasteiger partial charge in [-0.15, -0.1) is 0 Å². The van der Waals surface area contributed by atoms with Crippen LogP contribution >= 0.6 is 11.8 Å². The number of nitrogens with zero attached hydrogens (tertiary/aromatic N) is 2. The molecule has 1 aromatic rings. The van der Waals surface area contributed by atoms with Crippen molar-refractivity contribution in [2.24, 2.45) is 4.99 Å². The van der Waals surface area contributed by atoms with Crippen molar-refractivity contribution in [2.75, 3.05) is 7.05 Å². The quantitative estimate of drug-likeness (QED) is 0.899. The van der Waals surface area contributed by atoms with E-state index in [4.69, 9.17) is 5.11 Å². The summed E-state index contributed by atoms with van der Waals surface area (Å²) in [7, 11) is 1.54. The van der Waals surface area contributed by atoms with Crippen LogP contribution in [-0.2, 0) is 9.59 Å². The minimum absolute atomic E-state index is 0.0566. The Balaban J connectivity index is 2.27. The lowest BCUT2D eigenvalue weighted by molar-refractivity contribution is -0.139. The number of hydrogen-bond donors (Lipinski definition) is 1. The molecule has 0 aliphatic carbocycles. The van der Waals surface area contributed by atoms with Crippen LogP contribution < -0.4 is 0 Å². The molecule has 0 saturated carbocycles. The Hall–Kier alpha value is -1.89. The summed E-state index contributed by atoms with van der Waals surface area (Å²) in [4.78, 5) is 28.1. The topological polar surface area (TPSA) is 70.0 Å². The predicted octanol–water partition coefficient (Wildman–Crippen LogP) is 1.86. The maximum Gasteiger partial charge on any atom is 0.317 e. The second-order valence-electron chi connectivity index (χ2n) is 3.97. The van der Waals surface area contributed by atoms with Crippen molar-refractivity contribution in [1.82, 2.24) is 4.90 Å². The molecule has 5 nitrogen and oxygen atoms in total. The number of benzene rings is 1. The second-order valence-corrected chi connectivity index (χ2v) is 5.14. The Morgan fingerprint density at radius 3 is 2.68 bits per heavy atom. The zero-order chi connectivity index (χ0) is 14.0. The van der Waals surface area contributed by atoms with Crippen LogP contribution in [0.4, 0.5) is 10.1 Å². The smallest absolute Gasteiger partial charge is 0.317 e. The molecule has 0 bridgehead atoms. The van der Waals surface area contributed by atoms with Crippen LogP contribution in [0.2, 0.25) is 0 Å². The average Bonchev–Trinajstić information content (AvgIpc) is 2.37. The Bertz CT molecular complexity index is 544. The SMILES string of the molecule is CN1C(=O)C[C@@H](C(=O)O)SC1=Nc1ccc(F)cc1. The molecule has 1 fully saturated rings. The Labute approximate surface area is 113 Å². The molecular weight excluding hydrogens is 271 g/mol. The summed E-state index contributed by atoms with van der Waals surface area (Å²) in [5.41, 5.74) is 0.467. The van der Waals surface area contributed by atoms with Gasteiger partial charge < -0.3 is 5.11 Å². The van der Waals surface area contributed by atoms with E-state index < -0.39 is 11.2 Å². The van der Waals surface area contributed by atoms with E-state index in [1.165, 1.54) is 36.2 Å². The van der Waals surface area contributed by atoms with Crippen molar-refractivity contribution in [2.45, 2.75) is 11.7 Å². The molecule has 100 valence electrons. The summed E-state index contributed by atoms with van der Waals surface area (Å²) < 4.78 is 12.8. The number of aliphatic imine (C=N–C) groups is 1. The molecule has 0 unspecified atom stereocenters. The maximum absolute atomic E-state index is 12.8. The van der Waals surface area contributed by atoms with E-state index in [0.717, 1.165) is 11.8 Å². The lowest BCUT2D eigenvalue weighted by atomic mass is 10.3. The average molecular weight is 282 g/mol. The third kappa shape index (κ3) is 3.11. The predicted molar refractivity (Wildman–Crippen MR) is 69.9 cm³/mol. The molecule has 1 amide bonds. The van der Waals surface area contributed by atoms with Crippen molar-refractivity contribution in [3.05, 3.63) is 30.1 Å². The van der Waals surface area contributed by atoms with Gasteiger partial charge >= 0.3 is 5.97 Å². The van der Waals surface area contributed by atoms with E-state index in [1.807, 2.05) is 0 Å². The van der Waals surface area contributed by atoms with Gasteiger partial charge in [-0.05, 0) is 24.3 Å². The largest absolute Gasteiger partial charge is 0.480 e. The number of hydrogen-bond acceptors (Lipinski definition) is 4. The first-order valence-electron chi connectivity index (χ1n) is 5.47. The van der Waals surface area contributed by atoms with Gasteiger partial charge in [0.2, 0.25) is 5.91 Å². The highest BCUT2D eigenvalue weighted by Crippen LogP contribution is 2.28. The number of amidine groups is 1. The molecule has 0 spiro atoms. The minimum Gasteiger partial charge on any atom is -0.480 e. The number of thioether (sulfide) groups is 1. The molecule has 1 N–H and O–H groups in total. The fourth-order valence-corrected chi connectivity index (χ4v) is 2.51. The molecule has 1 aliphatic rings. The number of carbonyl (C=O) groups excluding carboxylic acids is 1. The van der Waals surface area contributed by atoms with E-state index >= 15 is 0 Å². The van der Waals surface area contributed by atoms with Crippen LogP contribution in [0.1, 0.15) is 6.42 Å². The number of aliphatic carboxylic acids is 1. The zero-order valence-electron chi connectivity index (χ0n) is 10.0. The Morgan fingerprint density at radius 1 is 1.47 bits per heavy atom. The molecular formula is C12H11FN2O3S. The fourth-order valence-electron chi connectivity index (χ4n) is 1.52. The van der Waals surface area contributed by atoms with E-state index in [9.17, 15) is 14.0 Å². The zero-order valence-corrected chi connectivity index (χ0v) is 10.9. The minimum atomic E-state index is -1.04. The Morgan fingerprint density at radius 2 is 2.11 bits per heavy atom. The van der Waals surface area contributed by atoms with E-state index in [0.29, 0.717) is 10.9 Å². The van der Waals surface area contributed by atoms with Gasteiger partial charge in [0.05, 0.1) is 12.1 Å². The molecule has 0 aromatic heterocycles. The van der Waals surface area contributed by atoms with Gasteiger partial charge in [-0.1, -0.05) is 11.8 Å². The number of carboxylic acid groups (broad SMARTS) is 1. The number of carboxylic acids is 1. The molecule has 19 heavy (non-hydrogen) atoms. The van der Waals surface area contributed by atoms with E-state index in [1.54, 1.807) is 0 Å². The van der Waals surface area contributed by atoms with Crippen LogP contribution in [-0.4, -0.2) is 39.3 Å². The molecule has 7 heteroatoms. The summed E-state index contributed by atoms with van der Waals surface area (Å²) in [6.07, 6.45) is -0.0566. The van der Waals surface area contributed by atoms with Gasteiger partial charge in [-0.3, -0.25) is 14.5 Å². The van der Waals surface area contributed by atoms with E-state index in [2.05, 4.69) is 4.99 Å². The van der Waals surface area contributed by atoms with Crippen molar-refractivity contribution >= 4 is 34.5 Å². The molecule has 1 saturated heterocycles. The van der Waals surface area contributed by atoms with Crippen molar-refractivity contribution in [1.29, 1.82) is 0 Å². The molecule has 1 atom stereocenters. The number of halogens is 1. The fraction of sp³-hybridized carbons (Fsp3) is 0.250. The van der Waals surface area contributed by atoms with E-state index in [-0.39, 0.29) is 18.1 Å². The van der Waals surface area contributed by atoms with Gasteiger partial charge in [0.1, 0.15) is 11.1 Å². The van der Waals surface area contributed by atoms with Crippen LogP contribution in [0.15, 0.2) is 29.3 Å². The summed E-state index contributed by atoms with van der Waals surface area (Å²) in [6, 6.07) is 5.43. The highest BCUT2D eigenvalue weighted by Gasteiger charge is 2.33. The Kier molecular flexibility index (Phi) is 3.84. The normalized spacial score (nSPS) is 21.8. The molecule has 2 rings (SSSR count). The third-order valence-corrected chi connectivity index (χ3v) is 3.82. The van der Waals surface area contributed by atoms with Crippen LogP contribution in [0.3, 0.4) is 0 Å². The molecule has 1 heterocycles. The first kappa shape index (κ1) is 13.5. The number of amides is 1. The van der Waals surface area contributed by atoms with Crippen LogP contribution in [0, 0.1) is 5.82 Å². The molecule has 1 aromatic carbocycles. The summed E-state index contributed by atoms with van der Waals surface area (Å²) in [6.45, 7) is 0. The summed E-state index contributed by atoms with van der Waals surface area (Å²) >= 11 is 1.01. The van der Waals surface area contributed by atoms with Gasteiger partial charge in [-0.2, -0.15) is 0 Å². The molecule has 0 radical (unpaired) electrons. The summed E-state index contributed by atoms with van der Waals surface area (Å²) in [5.74, 6) is -1.72. The van der Waals surface area contributed by atoms with Crippen molar-refractivity contribution in [3.8, 4) is 0 Å². The van der Waals surface area contributed by atoms with Crippen LogP contribution in [0.5, 0.6) is 0 Å².